The Morgan fingerprint density at radius 2 is 2.50 bits per heavy atom. The van der Waals surface area contributed by atoms with E-state index >= 15 is 0 Å². The third-order valence-corrected chi connectivity index (χ3v) is 4.05. The molecule has 3 rings (SSSR count). The van der Waals surface area contributed by atoms with Crippen LogP contribution in [0.15, 0.2) is 4.99 Å². The second kappa shape index (κ2) is 2.96. The van der Waals surface area contributed by atoms with Crippen LogP contribution in [0.3, 0.4) is 0 Å². The van der Waals surface area contributed by atoms with Crippen molar-refractivity contribution >= 4 is 6.40 Å². The molecule has 3 aliphatic rings. The summed E-state index contributed by atoms with van der Waals surface area (Å²) in [7, 11) is 0. The first kappa shape index (κ1) is 8.72. The van der Waals surface area contributed by atoms with Crippen LogP contribution >= 0.6 is 0 Å². The fourth-order valence-electron chi connectivity index (χ4n) is 3.48. The smallest absolute Gasteiger partial charge is 0.191 e. The zero-order valence-corrected chi connectivity index (χ0v) is 8.61. The number of fused-ring (bicyclic) bond motifs is 3. The highest BCUT2D eigenvalue weighted by atomic mass is 16.6. The molecule has 1 aliphatic heterocycles. The molecule has 0 saturated heterocycles. The summed E-state index contributed by atoms with van der Waals surface area (Å²) < 4.78 is 11.5. The van der Waals surface area contributed by atoms with E-state index in [1.165, 1.54) is 19.3 Å². The zero-order chi connectivity index (χ0) is 9.60. The molecule has 3 nitrogen and oxygen atoms in total. The minimum atomic E-state index is -0.0705. The van der Waals surface area contributed by atoms with E-state index < -0.39 is 0 Å². The van der Waals surface area contributed by atoms with E-state index in [1.807, 2.05) is 6.92 Å². The van der Waals surface area contributed by atoms with E-state index in [-0.39, 0.29) is 11.8 Å². The monoisotopic (exact) mass is 195 g/mol. The van der Waals surface area contributed by atoms with E-state index in [9.17, 15) is 0 Å². The van der Waals surface area contributed by atoms with Gasteiger partial charge in [-0.15, -0.1) is 0 Å². The first-order chi connectivity index (χ1) is 6.85. The van der Waals surface area contributed by atoms with Gasteiger partial charge in [-0.3, -0.25) is 0 Å². The van der Waals surface area contributed by atoms with Crippen molar-refractivity contribution in [2.45, 2.75) is 44.4 Å². The predicted molar refractivity (Wildman–Crippen MR) is 53.2 cm³/mol. The lowest BCUT2D eigenvalue weighted by molar-refractivity contribution is -0.0981. The van der Waals surface area contributed by atoms with Crippen LogP contribution in [-0.2, 0) is 9.47 Å². The SMILES string of the molecule is CCOC1N=COC12CC1CCC2C1. The average Bonchev–Trinajstić information content (AvgIpc) is 2.84. The van der Waals surface area contributed by atoms with Crippen LogP contribution < -0.4 is 0 Å². The molecule has 78 valence electrons. The standard InChI is InChI=1S/C11H17NO2/c1-2-13-10-11(14-7-12-10)6-8-3-4-9(11)5-8/h7-10H,2-6H2,1H3. The Morgan fingerprint density at radius 1 is 1.57 bits per heavy atom. The fraction of sp³-hybridized carbons (Fsp3) is 0.909. The molecule has 0 aromatic rings. The third-order valence-electron chi connectivity index (χ3n) is 4.05. The molecule has 1 spiro atoms. The van der Waals surface area contributed by atoms with Gasteiger partial charge in [0.15, 0.2) is 18.2 Å². The van der Waals surface area contributed by atoms with Crippen molar-refractivity contribution in [1.29, 1.82) is 0 Å². The van der Waals surface area contributed by atoms with Crippen LogP contribution in [0.2, 0.25) is 0 Å². The summed E-state index contributed by atoms with van der Waals surface area (Å²) >= 11 is 0. The first-order valence-corrected chi connectivity index (χ1v) is 5.66. The fourth-order valence-corrected chi connectivity index (χ4v) is 3.48. The van der Waals surface area contributed by atoms with Crippen molar-refractivity contribution in [3.63, 3.8) is 0 Å². The summed E-state index contributed by atoms with van der Waals surface area (Å²) in [5.41, 5.74) is -0.0705. The van der Waals surface area contributed by atoms with Gasteiger partial charge in [0.1, 0.15) is 0 Å². The molecule has 3 heteroatoms. The van der Waals surface area contributed by atoms with Gasteiger partial charge < -0.3 is 9.47 Å². The molecule has 0 N–H and O–H groups in total. The van der Waals surface area contributed by atoms with Gasteiger partial charge >= 0.3 is 0 Å². The second-order valence-electron chi connectivity index (χ2n) is 4.72. The van der Waals surface area contributed by atoms with Gasteiger partial charge in [0.25, 0.3) is 0 Å². The van der Waals surface area contributed by atoms with Gasteiger partial charge in [-0.25, -0.2) is 4.99 Å². The second-order valence-corrected chi connectivity index (χ2v) is 4.72. The van der Waals surface area contributed by atoms with Gasteiger partial charge in [-0.1, -0.05) is 0 Å². The van der Waals surface area contributed by atoms with Crippen molar-refractivity contribution in [3.05, 3.63) is 0 Å². The predicted octanol–water partition coefficient (Wildman–Crippen LogP) is 1.97. The maximum Gasteiger partial charge on any atom is 0.191 e. The highest BCUT2D eigenvalue weighted by molar-refractivity contribution is 5.51. The molecular weight excluding hydrogens is 178 g/mol. The van der Waals surface area contributed by atoms with Crippen molar-refractivity contribution in [2.75, 3.05) is 6.61 Å². The van der Waals surface area contributed by atoms with Crippen LogP contribution in [0.1, 0.15) is 32.6 Å². The lowest BCUT2D eigenvalue weighted by Crippen LogP contribution is -2.46. The first-order valence-electron chi connectivity index (χ1n) is 5.66. The molecule has 4 atom stereocenters. The molecule has 2 fully saturated rings. The molecule has 1 heterocycles. The Kier molecular flexibility index (Phi) is 1.84. The van der Waals surface area contributed by atoms with Gasteiger partial charge in [-0.2, -0.15) is 0 Å². The molecular formula is C11H17NO2. The van der Waals surface area contributed by atoms with Crippen LogP contribution in [0.25, 0.3) is 0 Å². The molecule has 0 amide bonds. The summed E-state index contributed by atoms with van der Waals surface area (Å²) in [5, 5.41) is 0. The van der Waals surface area contributed by atoms with Crippen molar-refractivity contribution in [1.82, 2.24) is 0 Å². The van der Waals surface area contributed by atoms with Crippen LogP contribution in [0, 0.1) is 11.8 Å². The third kappa shape index (κ3) is 0.991. The highest BCUT2D eigenvalue weighted by Crippen LogP contribution is 2.55. The summed E-state index contributed by atoms with van der Waals surface area (Å²) in [4.78, 5) is 4.31. The Labute approximate surface area is 84.5 Å². The van der Waals surface area contributed by atoms with Gasteiger partial charge in [0.05, 0.1) is 0 Å². The molecule has 2 aliphatic carbocycles. The number of nitrogens with zero attached hydrogens (tertiary/aromatic N) is 1. The van der Waals surface area contributed by atoms with E-state index in [1.54, 1.807) is 6.40 Å². The van der Waals surface area contributed by atoms with Gasteiger partial charge in [-0.05, 0) is 38.5 Å². The van der Waals surface area contributed by atoms with Crippen molar-refractivity contribution in [3.8, 4) is 0 Å². The summed E-state index contributed by atoms with van der Waals surface area (Å²) in [6.45, 7) is 2.75. The van der Waals surface area contributed by atoms with Gasteiger partial charge in [0, 0.05) is 12.5 Å². The largest absolute Gasteiger partial charge is 0.472 e. The maximum atomic E-state index is 5.78. The van der Waals surface area contributed by atoms with Crippen LogP contribution in [0.5, 0.6) is 0 Å². The van der Waals surface area contributed by atoms with Crippen molar-refractivity contribution in [2.24, 2.45) is 16.8 Å². The molecule has 0 aromatic carbocycles. The van der Waals surface area contributed by atoms with E-state index in [4.69, 9.17) is 9.47 Å². The summed E-state index contributed by atoms with van der Waals surface area (Å²) in [6.07, 6.45) is 6.76. The zero-order valence-electron chi connectivity index (χ0n) is 8.61. The summed E-state index contributed by atoms with van der Waals surface area (Å²) in [6, 6.07) is 0. The van der Waals surface area contributed by atoms with Crippen LogP contribution in [-0.4, -0.2) is 24.8 Å². The minimum Gasteiger partial charge on any atom is -0.472 e. The van der Waals surface area contributed by atoms with E-state index in [0.717, 1.165) is 18.9 Å². The molecule has 0 radical (unpaired) electrons. The number of hydrogen-bond acceptors (Lipinski definition) is 3. The highest BCUT2D eigenvalue weighted by Gasteiger charge is 2.59. The lowest BCUT2D eigenvalue weighted by Gasteiger charge is -2.36. The molecule has 0 aromatic heterocycles. The Balaban J connectivity index is 1.83. The van der Waals surface area contributed by atoms with Crippen molar-refractivity contribution < 1.29 is 9.47 Å². The average molecular weight is 195 g/mol. The number of aliphatic imine (C=N–C) groups is 1. The maximum absolute atomic E-state index is 5.78. The van der Waals surface area contributed by atoms with Crippen LogP contribution in [0.4, 0.5) is 0 Å². The summed E-state index contributed by atoms with van der Waals surface area (Å²) in [5.74, 6) is 1.55. The minimum absolute atomic E-state index is 0.0252. The van der Waals surface area contributed by atoms with E-state index in [2.05, 4.69) is 4.99 Å². The quantitative estimate of drug-likeness (QED) is 0.674. The molecule has 2 saturated carbocycles. The van der Waals surface area contributed by atoms with E-state index in [0.29, 0.717) is 5.92 Å². The number of ether oxygens (including phenoxy) is 2. The molecule has 4 unspecified atom stereocenters. The Morgan fingerprint density at radius 3 is 3.14 bits per heavy atom. The molecule has 2 bridgehead atoms. The van der Waals surface area contributed by atoms with Gasteiger partial charge in [0.2, 0.25) is 0 Å². The number of rotatable bonds is 2. The Bertz CT molecular complexity index is 266. The lowest BCUT2D eigenvalue weighted by atomic mass is 9.83. The number of hydrogen-bond donors (Lipinski definition) is 0. The Hall–Kier alpha value is -0.570. The topological polar surface area (TPSA) is 30.8 Å². The normalized spacial score (nSPS) is 49.1. The molecule has 14 heavy (non-hydrogen) atoms.